The van der Waals surface area contributed by atoms with Crippen LogP contribution in [-0.4, -0.2) is 49.2 Å². The van der Waals surface area contributed by atoms with E-state index < -0.39 is 11.7 Å². The Morgan fingerprint density at radius 3 is 2.64 bits per heavy atom. The number of hydrogen-bond acceptors (Lipinski definition) is 6. The van der Waals surface area contributed by atoms with E-state index >= 15 is 0 Å². The Morgan fingerprint density at radius 2 is 1.97 bits per heavy atom. The predicted molar refractivity (Wildman–Crippen MR) is 127 cm³/mol. The number of benzene rings is 1. The van der Waals surface area contributed by atoms with Crippen molar-refractivity contribution in [3.8, 4) is 17.0 Å². The van der Waals surface area contributed by atoms with Crippen molar-refractivity contribution in [3.63, 3.8) is 0 Å². The number of aliphatic hydroxyl groups is 1. The minimum atomic E-state index is -0.654. The Morgan fingerprint density at radius 1 is 1.21 bits per heavy atom. The Labute approximate surface area is 192 Å². The van der Waals surface area contributed by atoms with E-state index in [2.05, 4.69) is 23.9 Å². The third-order valence-corrected chi connectivity index (χ3v) is 5.32. The molecule has 0 fully saturated rings. The molecule has 3 aromatic heterocycles. The van der Waals surface area contributed by atoms with Crippen molar-refractivity contribution >= 4 is 22.6 Å². The van der Waals surface area contributed by atoms with Crippen molar-refractivity contribution < 1.29 is 19.4 Å². The van der Waals surface area contributed by atoms with Crippen molar-refractivity contribution in [2.45, 2.75) is 53.1 Å². The van der Waals surface area contributed by atoms with Gasteiger partial charge in [-0.25, -0.2) is 18.9 Å². The van der Waals surface area contributed by atoms with E-state index in [9.17, 15) is 4.79 Å². The number of hydrogen-bond donors (Lipinski definition) is 1. The minimum absolute atomic E-state index is 0.0730. The molecule has 0 saturated carbocycles. The zero-order chi connectivity index (χ0) is 23.9. The molecule has 0 unspecified atom stereocenters. The monoisotopic (exact) mass is 450 g/mol. The van der Waals surface area contributed by atoms with E-state index in [1.165, 1.54) is 6.33 Å². The molecule has 0 bridgehead atoms. The molecule has 0 spiro atoms. The Balaban J connectivity index is 2.05. The smallest absolute Gasteiger partial charge is 0.419 e. The first-order valence-corrected chi connectivity index (χ1v) is 11.1. The van der Waals surface area contributed by atoms with Crippen LogP contribution in [0.5, 0.6) is 5.75 Å². The SMILES string of the molecule is Cc1cc(-c2c(C(C)C)c3cc(OCCO)ccc3n2C(=O)OC(C)(C)C)cn2ncnc12. The van der Waals surface area contributed by atoms with Crippen LogP contribution in [0.4, 0.5) is 4.79 Å². The van der Waals surface area contributed by atoms with Crippen LogP contribution in [-0.2, 0) is 4.74 Å². The van der Waals surface area contributed by atoms with Crippen molar-refractivity contribution in [3.05, 3.63) is 47.9 Å². The molecule has 0 aliphatic heterocycles. The largest absolute Gasteiger partial charge is 0.491 e. The Kier molecular flexibility index (Phi) is 5.88. The molecule has 174 valence electrons. The molecule has 0 saturated heterocycles. The molecule has 8 heteroatoms. The molecule has 3 heterocycles. The maximum absolute atomic E-state index is 13.5. The lowest BCUT2D eigenvalue weighted by Crippen LogP contribution is -2.27. The van der Waals surface area contributed by atoms with Crippen LogP contribution in [0.15, 0.2) is 36.8 Å². The third kappa shape index (κ3) is 4.30. The maximum Gasteiger partial charge on any atom is 0.419 e. The quantitative estimate of drug-likeness (QED) is 0.463. The standard InChI is InChI=1S/C25H30N4O4/c1-15(2)21-19-12-18(32-10-9-30)7-8-20(19)29(24(31)33-25(4,5)6)22(21)17-11-16(3)23-26-14-27-28(23)13-17/h7-8,11-15,30H,9-10H2,1-6H3. The first kappa shape index (κ1) is 22.8. The predicted octanol–water partition coefficient (Wildman–Crippen LogP) is 4.94. The fraction of sp³-hybridized carbons (Fsp3) is 0.400. The summed E-state index contributed by atoms with van der Waals surface area (Å²) in [6.07, 6.45) is 2.96. The molecule has 0 atom stereocenters. The van der Waals surface area contributed by atoms with E-state index in [-0.39, 0.29) is 19.1 Å². The number of aliphatic hydroxyl groups excluding tert-OH is 1. The molecule has 0 amide bonds. The summed E-state index contributed by atoms with van der Waals surface area (Å²) in [5, 5.41) is 14.4. The number of fused-ring (bicyclic) bond motifs is 2. The van der Waals surface area contributed by atoms with E-state index in [0.717, 1.165) is 38.9 Å². The third-order valence-electron chi connectivity index (χ3n) is 5.32. The van der Waals surface area contributed by atoms with Gasteiger partial charge in [0.15, 0.2) is 5.65 Å². The summed E-state index contributed by atoms with van der Waals surface area (Å²) in [7, 11) is 0. The first-order valence-electron chi connectivity index (χ1n) is 11.1. The lowest BCUT2D eigenvalue weighted by atomic mass is 9.96. The van der Waals surface area contributed by atoms with Crippen molar-refractivity contribution in [2.75, 3.05) is 13.2 Å². The van der Waals surface area contributed by atoms with Crippen LogP contribution in [0.3, 0.4) is 0 Å². The fourth-order valence-electron chi connectivity index (χ4n) is 4.14. The van der Waals surface area contributed by atoms with Gasteiger partial charge < -0.3 is 14.6 Å². The highest BCUT2D eigenvalue weighted by Crippen LogP contribution is 2.40. The molecule has 4 aromatic rings. The molecule has 1 aromatic carbocycles. The van der Waals surface area contributed by atoms with Crippen LogP contribution in [0.2, 0.25) is 0 Å². The summed E-state index contributed by atoms with van der Waals surface area (Å²) in [6, 6.07) is 7.61. The summed E-state index contributed by atoms with van der Waals surface area (Å²) in [4.78, 5) is 17.8. The van der Waals surface area contributed by atoms with Gasteiger partial charge in [0.05, 0.1) is 17.8 Å². The van der Waals surface area contributed by atoms with Crippen LogP contribution in [0.1, 0.15) is 51.7 Å². The van der Waals surface area contributed by atoms with Gasteiger partial charge in [-0.1, -0.05) is 13.8 Å². The minimum Gasteiger partial charge on any atom is -0.491 e. The van der Waals surface area contributed by atoms with Crippen LogP contribution < -0.4 is 4.74 Å². The van der Waals surface area contributed by atoms with Crippen LogP contribution in [0.25, 0.3) is 27.8 Å². The second-order valence-corrected chi connectivity index (χ2v) is 9.42. The van der Waals surface area contributed by atoms with Gasteiger partial charge in [-0.05, 0) is 69.0 Å². The van der Waals surface area contributed by atoms with Gasteiger partial charge in [-0.2, -0.15) is 5.10 Å². The number of nitrogens with zero attached hydrogens (tertiary/aromatic N) is 4. The molecule has 33 heavy (non-hydrogen) atoms. The zero-order valence-corrected chi connectivity index (χ0v) is 19.9. The van der Waals surface area contributed by atoms with E-state index in [0.29, 0.717) is 5.75 Å². The highest BCUT2D eigenvalue weighted by molar-refractivity contribution is 6.00. The number of aromatic nitrogens is 4. The molecule has 1 N–H and O–H groups in total. The normalized spacial score (nSPS) is 12.1. The van der Waals surface area contributed by atoms with Crippen molar-refractivity contribution in [2.24, 2.45) is 0 Å². The Hall–Kier alpha value is -3.39. The zero-order valence-electron chi connectivity index (χ0n) is 19.9. The summed E-state index contributed by atoms with van der Waals surface area (Å²) in [5.74, 6) is 0.736. The summed E-state index contributed by atoms with van der Waals surface area (Å²) in [6.45, 7) is 11.9. The highest BCUT2D eigenvalue weighted by Gasteiger charge is 2.28. The molecule has 0 aliphatic carbocycles. The van der Waals surface area contributed by atoms with E-state index in [4.69, 9.17) is 14.6 Å². The summed E-state index contributed by atoms with van der Waals surface area (Å²) >= 11 is 0. The van der Waals surface area contributed by atoms with Gasteiger partial charge in [-0.3, -0.25) is 0 Å². The average Bonchev–Trinajstić information content (AvgIpc) is 3.33. The molecule has 8 nitrogen and oxygen atoms in total. The molecule has 0 aliphatic rings. The van der Waals surface area contributed by atoms with Gasteiger partial charge in [0.25, 0.3) is 0 Å². The average molecular weight is 451 g/mol. The lowest BCUT2D eigenvalue weighted by Gasteiger charge is -2.21. The van der Waals surface area contributed by atoms with Gasteiger partial charge in [0, 0.05) is 17.1 Å². The second-order valence-electron chi connectivity index (χ2n) is 9.42. The van der Waals surface area contributed by atoms with Gasteiger partial charge >= 0.3 is 6.09 Å². The molecule has 4 rings (SSSR count). The number of carbonyl (C=O) groups is 1. The van der Waals surface area contributed by atoms with Crippen LogP contribution >= 0.6 is 0 Å². The van der Waals surface area contributed by atoms with Crippen molar-refractivity contribution in [1.82, 2.24) is 19.2 Å². The van der Waals surface area contributed by atoms with E-state index in [1.54, 1.807) is 15.1 Å². The highest BCUT2D eigenvalue weighted by atomic mass is 16.6. The van der Waals surface area contributed by atoms with Gasteiger partial charge in [0.2, 0.25) is 0 Å². The topological polar surface area (TPSA) is 90.9 Å². The number of pyridine rings is 1. The lowest BCUT2D eigenvalue weighted by molar-refractivity contribution is 0.0547. The van der Waals surface area contributed by atoms with Crippen molar-refractivity contribution in [1.29, 1.82) is 0 Å². The Bertz CT molecular complexity index is 1330. The first-order chi connectivity index (χ1) is 15.6. The summed E-state index contributed by atoms with van der Waals surface area (Å²) in [5.41, 5.74) is 4.40. The number of carbonyl (C=O) groups excluding carboxylic acids is 1. The number of ether oxygens (including phenoxy) is 2. The van der Waals surface area contributed by atoms with Gasteiger partial charge in [-0.15, -0.1) is 0 Å². The maximum atomic E-state index is 13.5. The fourth-order valence-corrected chi connectivity index (χ4v) is 4.14. The van der Waals surface area contributed by atoms with Crippen LogP contribution in [0, 0.1) is 6.92 Å². The number of rotatable bonds is 5. The molecule has 0 radical (unpaired) electrons. The molecular weight excluding hydrogens is 420 g/mol. The van der Waals surface area contributed by atoms with E-state index in [1.807, 2.05) is 52.1 Å². The molecular formula is C25H30N4O4. The second kappa shape index (κ2) is 8.51. The van der Waals surface area contributed by atoms with Gasteiger partial charge in [0.1, 0.15) is 24.3 Å². The number of aryl methyl sites for hydroxylation is 1. The summed E-state index contributed by atoms with van der Waals surface area (Å²) < 4.78 is 14.8.